The number of piperidine rings is 1. The molecular weight excluding hydrogens is 222 g/mol. The number of Topliss-reactive ketones (excluding diaryl/α,β-unsaturated/α-hetero) is 1. The van der Waals surface area contributed by atoms with E-state index in [0.717, 1.165) is 38.1 Å². The van der Waals surface area contributed by atoms with Gasteiger partial charge in [0.1, 0.15) is 5.78 Å². The molecule has 1 saturated heterocycles. The predicted molar refractivity (Wildman–Crippen MR) is 77.8 cm³/mol. The van der Waals surface area contributed by atoms with Gasteiger partial charge in [-0.05, 0) is 44.7 Å². The van der Waals surface area contributed by atoms with E-state index >= 15 is 0 Å². The molecule has 1 rings (SSSR count). The highest BCUT2D eigenvalue weighted by molar-refractivity contribution is 5.78. The van der Waals surface area contributed by atoms with Gasteiger partial charge in [0.25, 0.3) is 0 Å². The van der Waals surface area contributed by atoms with Crippen molar-refractivity contribution >= 4 is 5.78 Å². The van der Waals surface area contributed by atoms with Gasteiger partial charge >= 0.3 is 0 Å². The molecule has 2 nitrogen and oxygen atoms in total. The van der Waals surface area contributed by atoms with Gasteiger partial charge in [0.2, 0.25) is 0 Å². The van der Waals surface area contributed by atoms with Crippen LogP contribution in [-0.2, 0) is 4.79 Å². The van der Waals surface area contributed by atoms with Crippen molar-refractivity contribution in [2.24, 2.45) is 5.92 Å². The molecule has 18 heavy (non-hydrogen) atoms. The van der Waals surface area contributed by atoms with Crippen LogP contribution in [0.1, 0.15) is 77.6 Å². The summed E-state index contributed by atoms with van der Waals surface area (Å²) in [5, 5.41) is 3.42. The van der Waals surface area contributed by atoms with Gasteiger partial charge in [-0.2, -0.15) is 0 Å². The van der Waals surface area contributed by atoms with Crippen LogP contribution in [-0.4, -0.2) is 18.9 Å². The van der Waals surface area contributed by atoms with Crippen molar-refractivity contribution in [3.63, 3.8) is 0 Å². The SMILES string of the molecule is CCCCCCCCC(=O)CCC1CCCNC1. The number of hydrogen-bond donors (Lipinski definition) is 1. The zero-order valence-corrected chi connectivity index (χ0v) is 12.2. The Morgan fingerprint density at radius 3 is 2.61 bits per heavy atom. The van der Waals surface area contributed by atoms with E-state index in [2.05, 4.69) is 12.2 Å². The van der Waals surface area contributed by atoms with E-state index in [9.17, 15) is 4.79 Å². The summed E-state index contributed by atoms with van der Waals surface area (Å²) in [6, 6.07) is 0. The van der Waals surface area contributed by atoms with Gasteiger partial charge < -0.3 is 5.32 Å². The summed E-state index contributed by atoms with van der Waals surface area (Å²) >= 11 is 0. The summed E-state index contributed by atoms with van der Waals surface area (Å²) < 4.78 is 0. The molecule has 106 valence electrons. The van der Waals surface area contributed by atoms with Crippen LogP contribution in [0, 0.1) is 5.92 Å². The highest BCUT2D eigenvalue weighted by Crippen LogP contribution is 2.17. The molecule has 1 atom stereocenters. The molecule has 1 fully saturated rings. The monoisotopic (exact) mass is 253 g/mol. The molecule has 2 heteroatoms. The lowest BCUT2D eigenvalue weighted by Gasteiger charge is -2.22. The van der Waals surface area contributed by atoms with Gasteiger partial charge in [-0.15, -0.1) is 0 Å². The number of unbranched alkanes of at least 4 members (excludes halogenated alkanes) is 5. The largest absolute Gasteiger partial charge is 0.316 e. The fraction of sp³-hybridized carbons (Fsp3) is 0.938. The summed E-state index contributed by atoms with van der Waals surface area (Å²) in [6.07, 6.45) is 13.0. The third kappa shape index (κ3) is 7.86. The summed E-state index contributed by atoms with van der Waals surface area (Å²) in [5.41, 5.74) is 0. The fourth-order valence-electron chi connectivity index (χ4n) is 2.76. The average Bonchev–Trinajstić information content (AvgIpc) is 2.41. The lowest BCUT2D eigenvalue weighted by Crippen LogP contribution is -2.29. The lowest BCUT2D eigenvalue weighted by molar-refractivity contribution is -0.119. The molecule has 0 amide bonds. The minimum absolute atomic E-state index is 0.496. The Labute approximate surface area is 113 Å². The zero-order valence-electron chi connectivity index (χ0n) is 12.2. The van der Waals surface area contributed by atoms with Crippen molar-refractivity contribution in [3.05, 3.63) is 0 Å². The van der Waals surface area contributed by atoms with Crippen LogP contribution in [0.5, 0.6) is 0 Å². The zero-order chi connectivity index (χ0) is 13.1. The normalized spacial score (nSPS) is 19.9. The quantitative estimate of drug-likeness (QED) is 0.594. The van der Waals surface area contributed by atoms with Crippen LogP contribution in [0.2, 0.25) is 0 Å². The third-order valence-corrected chi connectivity index (χ3v) is 4.04. The Morgan fingerprint density at radius 1 is 1.11 bits per heavy atom. The molecule has 0 aliphatic carbocycles. The van der Waals surface area contributed by atoms with Crippen molar-refractivity contribution in [1.29, 1.82) is 0 Å². The van der Waals surface area contributed by atoms with Crippen molar-refractivity contribution in [3.8, 4) is 0 Å². The van der Waals surface area contributed by atoms with Crippen molar-refractivity contribution in [2.75, 3.05) is 13.1 Å². The molecule has 1 aliphatic heterocycles. The van der Waals surface area contributed by atoms with Crippen LogP contribution >= 0.6 is 0 Å². The van der Waals surface area contributed by atoms with Gasteiger partial charge in [-0.1, -0.05) is 39.0 Å². The molecule has 0 aromatic heterocycles. The maximum atomic E-state index is 11.8. The molecule has 0 spiro atoms. The average molecular weight is 253 g/mol. The second-order valence-electron chi connectivity index (χ2n) is 5.81. The number of carbonyl (C=O) groups is 1. The van der Waals surface area contributed by atoms with Gasteiger partial charge in [0.05, 0.1) is 0 Å². The van der Waals surface area contributed by atoms with E-state index in [4.69, 9.17) is 0 Å². The highest BCUT2D eigenvalue weighted by atomic mass is 16.1. The second-order valence-corrected chi connectivity index (χ2v) is 5.81. The number of rotatable bonds is 10. The Morgan fingerprint density at radius 2 is 1.89 bits per heavy atom. The molecule has 1 heterocycles. The van der Waals surface area contributed by atoms with Crippen molar-refractivity contribution < 1.29 is 4.79 Å². The Hall–Kier alpha value is -0.370. The van der Waals surface area contributed by atoms with E-state index in [1.165, 1.54) is 51.5 Å². The maximum absolute atomic E-state index is 11.8. The molecule has 1 unspecified atom stereocenters. The van der Waals surface area contributed by atoms with Gasteiger partial charge in [0.15, 0.2) is 0 Å². The molecular formula is C16H31NO. The predicted octanol–water partition coefficient (Wildman–Crippen LogP) is 4.09. The molecule has 0 radical (unpaired) electrons. The first-order valence-corrected chi connectivity index (χ1v) is 8.05. The Bertz CT molecular complexity index is 209. The topological polar surface area (TPSA) is 29.1 Å². The second kappa shape index (κ2) is 10.5. The van der Waals surface area contributed by atoms with E-state index in [1.807, 2.05) is 0 Å². The van der Waals surface area contributed by atoms with Crippen LogP contribution in [0.4, 0.5) is 0 Å². The van der Waals surface area contributed by atoms with Gasteiger partial charge in [-0.3, -0.25) is 4.79 Å². The van der Waals surface area contributed by atoms with E-state index in [0.29, 0.717) is 5.78 Å². The molecule has 0 aromatic rings. The van der Waals surface area contributed by atoms with Crippen molar-refractivity contribution in [1.82, 2.24) is 5.32 Å². The number of ketones is 1. The van der Waals surface area contributed by atoms with E-state index < -0.39 is 0 Å². The fourth-order valence-corrected chi connectivity index (χ4v) is 2.76. The molecule has 0 saturated carbocycles. The number of hydrogen-bond acceptors (Lipinski definition) is 2. The van der Waals surface area contributed by atoms with Crippen LogP contribution in [0.15, 0.2) is 0 Å². The van der Waals surface area contributed by atoms with Crippen LogP contribution in [0.3, 0.4) is 0 Å². The Kier molecular flexibility index (Phi) is 9.19. The Balaban J connectivity index is 1.90. The third-order valence-electron chi connectivity index (χ3n) is 4.04. The maximum Gasteiger partial charge on any atom is 0.132 e. The lowest BCUT2D eigenvalue weighted by atomic mass is 9.93. The standard InChI is InChI=1S/C16H31NO/c1-2-3-4-5-6-7-10-16(18)12-11-15-9-8-13-17-14-15/h15,17H,2-14H2,1H3. The smallest absolute Gasteiger partial charge is 0.132 e. The number of nitrogens with one attached hydrogen (secondary N) is 1. The minimum atomic E-state index is 0.496. The van der Waals surface area contributed by atoms with Crippen LogP contribution < -0.4 is 5.32 Å². The molecule has 0 bridgehead atoms. The first kappa shape index (κ1) is 15.7. The van der Waals surface area contributed by atoms with E-state index in [1.54, 1.807) is 0 Å². The highest BCUT2D eigenvalue weighted by Gasteiger charge is 2.14. The molecule has 0 aromatic carbocycles. The van der Waals surface area contributed by atoms with Gasteiger partial charge in [0, 0.05) is 12.8 Å². The minimum Gasteiger partial charge on any atom is -0.316 e. The summed E-state index contributed by atoms with van der Waals surface area (Å²) in [4.78, 5) is 11.8. The van der Waals surface area contributed by atoms with Crippen LogP contribution in [0.25, 0.3) is 0 Å². The summed E-state index contributed by atoms with van der Waals surface area (Å²) in [5.74, 6) is 1.25. The summed E-state index contributed by atoms with van der Waals surface area (Å²) in [7, 11) is 0. The van der Waals surface area contributed by atoms with E-state index in [-0.39, 0.29) is 0 Å². The summed E-state index contributed by atoms with van der Waals surface area (Å²) in [6.45, 7) is 4.54. The molecule has 1 aliphatic rings. The number of carbonyl (C=O) groups excluding carboxylic acids is 1. The first-order valence-electron chi connectivity index (χ1n) is 8.05. The molecule has 1 N–H and O–H groups in total. The first-order chi connectivity index (χ1) is 8.83. The van der Waals surface area contributed by atoms with Crippen molar-refractivity contribution in [2.45, 2.75) is 77.6 Å². The van der Waals surface area contributed by atoms with Gasteiger partial charge in [-0.25, -0.2) is 0 Å².